The topological polar surface area (TPSA) is 102 Å². The number of carbonyl (C=O) groups is 2. The predicted octanol–water partition coefficient (Wildman–Crippen LogP) is 3.48. The summed E-state index contributed by atoms with van der Waals surface area (Å²) in [6, 6.07) is 8.78. The minimum Gasteiger partial charge on any atom is -0.493 e. The van der Waals surface area contributed by atoms with Crippen LogP contribution >= 0.6 is 0 Å². The zero-order valence-corrected chi connectivity index (χ0v) is 19.6. The average Bonchev–Trinajstić information content (AvgIpc) is 3.37. The van der Waals surface area contributed by atoms with Crippen LogP contribution in [-0.4, -0.2) is 53.0 Å². The molecular formula is C25H29NO8. The second kappa shape index (κ2) is 10.1. The molecule has 1 amide bonds. The van der Waals surface area contributed by atoms with Crippen LogP contribution < -0.4 is 29.0 Å². The van der Waals surface area contributed by atoms with E-state index >= 15 is 0 Å². The molecule has 2 aromatic carbocycles. The van der Waals surface area contributed by atoms with Gasteiger partial charge in [-0.3, -0.25) is 9.59 Å². The van der Waals surface area contributed by atoms with E-state index in [0.29, 0.717) is 60.5 Å². The van der Waals surface area contributed by atoms with Crippen LogP contribution in [-0.2, 0) is 19.7 Å². The molecule has 1 heterocycles. The second-order valence-corrected chi connectivity index (χ2v) is 8.19. The molecule has 2 aliphatic rings. The van der Waals surface area contributed by atoms with Crippen molar-refractivity contribution in [2.24, 2.45) is 0 Å². The quantitative estimate of drug-likeness (QED) is 0.584. The van der Waals surface area contributed by atoms with E-state index in [2.05, 4.69) is 5.32 Å². The summed E-state index contributed by atoms with van der Waals surface area (Å²) in [5.41, 5.74) is 0.449. The van der Waals surface area contributed by atoms with Gasteiger partial charge in [-0.1, -0.05) is 18.9 Å². The maximum absolute atomic E-state index is 13.2. The summed E-state index contributed by atoms with van der Waals surface area (Å²) in [5, 5.41) is 2.71. The highest BCUT2D eigenvalue weighted by Crippen LogP contribution is 2.45. The number of esters is 1. The second-order valence-electron chi connectivity index (χ2n) is 8.19. The van der Waals surface area contributed by atoms with Gasteiger partial charge in [-0.25, -0.2) is 0 Å². The summed E-state index contributed by atoms with van der Waals surface area (Å²) in [4.78, 5) is 25.8. The summed E-state index contributed by atoms with van der Waals surface area (Å²) >= 11 is 0. The fraction of sp³-hybridized carbons (Fsp3) is 0.440. The molecule has 1 aliphatic heterocycles. The molecule has 34 heavy (non-hydrogen) atoms. The lowest BCUT2D eigenvalue weighted by atomic mass is 9.78. The highest BCUT2D eigenvalue weighted by atomic mass is 16.6. The van der Waals surface area contributed by atoms with Gasteiger partial charge >= 0.3 is 5.97 Å². The standard InChI is InChI=1S/C25H29NO8/c1-29-20-13-17(14-21(30-2)23(20)31-3)26-22(27)15-34-24(28)25(8-4-5-9-25)16-6-7-18-19(12-16)33-11-10-32-18/h6-7,12-14H,4-5,8-11,15H2,1-3H3,(H,26,27). The fourth-order valence-electron chi connectivity index (χ4n) is 4.55. The molecule has 0 radical (unpaired) electrons. The molecule has 9 nitrogen and oxygen atoms in total. The minimum atomic E-state index is -0.803. The minimum absolute atomic E-state index is 0.401. The van der Waals surface area contributed by atoms with Crippen LogP contribution in [0.25, 0.3) is 0 Å². The van der Waals surface area contributed by atoms with Crippen molar-refractivity contribution in [1.82, 2.24) is 0 Å². The summed E-state index contributed by atoms with van der Waals surface area (Å²) in [5.74, 6) is 1.62. The zero-order chi connectivity index (χ0) is 24.1. The Hall–Kier alpha value is -3.62. The first-order valence-corrected chi connectivity index (χ1v) is 11.2. The van der Waals surface area contributed by atoms with Crippen LogP contribution in [0.1, 0.15) is 31.2 Å². The van der Waals surface area contributed by atoms with Crippen LogP contribution in [0.2, 0.25) is 0 Å². The largest absolute Gasteiger partial charge is 0.493 e. The van der Waals surface area contributed by atoms with Gasteiger partial charge in [-0.2, -0.15) is 0 Å². The van der Waals surface area contributed by atoms with Crippen LogP contribution in [0.5, 0.6) is 28.7 Å². The Morgan fingerprint density at radius 2 is 1.56 bits per heavy atom. The molecule has 0 bridgehead atoms. The Labute approximate surface area is 198 Å². The summed E-state index contributed by atoms with van der Waals surface area (Å²) in [6.07, 6.45) is 3.11. The van der Waals surface area contributed by atoms with Gasteiger partial charge in [-0.05, 0) is 30.5 Å². The van der Waals surface area contributed by atoms with Crippen LogP contribution in [0.4, 0.5) is 5.69 Å². The number of hydrogen-bond donors (Lipinski definition) is 1. The SMILES string of the molecule is COc1cc(NC(=O)COC(=O)C2(c3ccc4c(c3)OCCO4)CCCC2)cc(OC)c1OC. The molecule has 0 saturated heterocycles. The first-order valence-electron chi connectivity index (χ1n) is 11.2. The molecule has 0 spiro atoms. The molecule has 9 heteroatoms. The molecular weight excluding hydrogens is 442 g/mol. The van der Waals surface area contributed by atoms with E-state index in [1.807, 2.05) is 18.2 Å². The van der Waals surface area contributed by atoms with Crippen molar-refractivity contribution >= 4 is 17.6 Å². The highest BCUT2D eigenvalue weighted by molar-refractivity contribution is 5.94. The Morgan fingerprint density at radius 1 is 0.912 bits per heavy atom. The van der Waals surface area contributed by atoms with Crippen LogP contribution in [0.3, 0.4) is 0 Å². The average molecular weight is 472 g/mol. The number of rotatable bonds is 8. The van der Waals surface area contributed by atoms with Gasteiger partial charge in [0.1, 0.15) is 13.2 Å². The van der Waals surface area contributed by atoms with Crippen molar-refractivity contribution in [3.63, 3.8) is 0 Å². The number of anilines is 1. The van der Waals surface area contributed by atoms with Gasteiger partial charge in [0.2, 0.25) is 5.75 Å². The lowest BCUT2D eigenvalue weighted by molar-refractivity contribution is -0.153. The number of amides is 1. The van der Waals surface area contributed by atoms with E-state index in [-0.39, 0.29) is 0 Å². The molecule has 0 aromatic heterocycles. The van der Waals surface area contributed by atoms with Crippen molar-refractivity contribution in [2.45, 2.75) is 31.1 Å². The normalized spacial score (nSPS) is 15.9. The van der Waals surface area contributed by atoms with E-state index in [9.17, 15) is 9.59 Å². The Balaban J connectivity index is 1.45. The number of fused-ring (bicyclic) bond motifs is 1. The van der Waals surface area contributed by atoms with E-state index < -0.39 is 23.9 Å². The van der Waals surface area contributed by atoms with Gasteiger partial charge in [0.05, 0.1) is 26.7 Å². The number of methoxy groups -OCH3 is 3. The molecule has 1 fully saturated rings. The van der Waals surface area contributed by atoms with Gasteiger partial charge in [0.15, 0.2) is 29.6 Å². The van der Waals surface area contributed by atoms with Crippen molar-refractivity contribution in [3.05, 3.63) is 35.9 Å². The van der Waals surface area contributed by atoms with E-state index in [1.165, 1.54) is 21.3 Å². The van der Waals surface area contributed by atoms with Gasteiger partial charge in [-0.15, -0.1) is 0 Å². The van der Waals surface area contributed by atoms with Crippen molar-refractivity contribution in [1.29, 1.82) is 0 Å². The third-order valence-corrected chi connectivity index (χ3v) is 6.23. The molecule has 0 unspecified atom stereocenters. The summed E-state index contributed by atoms with van der Waals surface area (Å²) in [7, 11) is 4.48. The van der Waals surface area contributed by atoms with Crippen molar-refractivity contribution in [3.8, 4) is 28.7 Å². The molecule has 1 N–H and O–H groups in total. The van der Waals surface area contributed by atoms with Crippen molar-refractivity contribution < 1.29 is 38.0 Å². The smallest absolute Gasteiger partial charge is 0.317 e. The van der Waals surface area contributed by atoms with Crippen molar-refractivity contribution in [2.75, 3.05) is 46.5 Å². The molecule has 4 rings (SSSR count). The maximum atomic E-state index is 13.2. The molecule has 2 aromatic rings. The number of ether oxygens (including phenoxy) is 6. The van der Waals surface area contributed by atoms with E-state index in [1.54, 1.807) is 12.1 Å². The monoisotopic (exact) mass is 471 g/mol. The highest BCUT2D eigenvalue weighted by Gasteiger charge is 2.45. The first kappa shape index (κ1) is 23.5. The first-order chi connectivity index (χ1) is 16.5. The Bertz CT molecular complexity index is 1040. The third-order valence-electron chi connectivity index (χ3n) is 6.23. The molecule has 1 aliphatic carbocycles. The zero-order valence-electron chi connectivity index (χ0n) is 19.6. The van der Waals surface area contributed by atoms with Crippen LogP contribution in [0, 0.1) is 0 Å². The number of carbonyl (C=O) groups excluding carboxylic acids is 2. The van der Waals surface area contributed by atoms with E-state index in [4.69, 9.17) is 28.4 Å². The summed E-state index contributed by atoms with van der Waals surface area (Å²) < 4.78 is 32.7. The lowest BCUT2D eigenvalue weighted by Gasteiger charge is -2.28. The lowest BCUT2D eigenvalue weighted by Crippen LogP contribution is -2.36. The summed E-state index contributed by atoms with van der Waals surface area (Å²) in [6.45, 7) is 0.553. The fourth-order valence-corrected chi connectivity index (χ4v) is 4.55. The molecule has 0 atom stereocenters. The Morgan fingerprint density at radius 3 is 2.18 bits per heavy atom. The number of benzene rings is 2. The van der Waals surface area contributed by atoms with Gasteiger partial charge in [0, 0.05) is 17.8 Å². The molecule has 1 saturated carbocycles. The molecule has 182 valence electrons. The van der Waals surface area contributed by atoms with Gasteiger partial charge < -0.3 is 33.7 Å². The number of nitrogens with one attached hydrogen (secondary N) is 1. The van der Waals surface area contributed by atoms with Gasteiger partial charge in [0.25, 0.3) is 5.91 Å². The van der Waals surface area contributed by atoms with Crippen LogP contribution in [0.15, 0.2) is 30.3 Å². The third kappa shape index (κ3) is 4.55. The Kier molecular flexibility index (Phi) is 7.00. The predicted molar refractivity (Wildman–Crippen MR) is 123 cm³/mol. The maximum Gasteiger partial charge on any atom is 0.317 e. The van der Waals surface area contributed by atoms with E-state index in [0.717, 1.165) is 18.4 Å². The number of hydrogen-bond acceptors (Lipinski definition) is 8.